The molecule has 0 unspecified atom stereocenters. The fraction of sp³-hybridized carbons (Fsp3) is 0.312. The Hall–Kier alpha value is -1.69. The minimum absolute atomic E-state index is 0.557. The third kappa shape index (κ3) is 3.55. The first-order valence-corrected chi connectivity index (χ1v) is 7.90. The van der Waals surface area contributed by atoms with Gasteiger partial charge in [0.05, 0.1) is 5.56 Å². The second-order valence-electron chi connectivity index (χ2n) is 5.17. The maximum Gasteiger partial charge on any atom is 0.417 e. The van der Waals surface area contributed by atoms with Gasteiger partial charge >= 0.3 is 6.18 Å². The molecule has 0 N–H and O–H groups in total. The lowest BCUT2D eigenvalue weighted by molar-refractivity contribution is -0.137. The number of benzene rings is 1. The number of aromatic nitrogens is 1. The second kappa shape index (κ2) is 6.20. The van der Waals surface area contributed by atoms with Gasteiger partial charge in [-0.15, -0.1) is 0 Å². The second-order valence-corrected chi connectivity index (χ2v) is 6.27. The number of pyridine rings is 1. The van der Waals surface area contributed by atoms with Gasteiger partial charge in [0.15, 0.2) is 0 Å². The molecule has 0 radical (unpaired) electrons. The van der Waals surface area contributed by atoms with E-state index in [1.54, 1.807) is 0 Å². The molecule has 0 bridgehead atoms. The van der Waals surface area contributed by atoms with E-state index < -0.39 is 11.7 Å². The summed E-state index contributed by atoms with van der Waals surface area (Å²) in [6, 6.07) is 10.5. The lowest BCUT2D eigenvalue weighted by Crippen LogP contribution is -2.17. The average molecular weight is 324 g/mol. The van der Waals surface area contributed by atoms with Crippen LogP contribution in [0.3, 0.4) is 0 Å². The number of rotatable bonds is 3. The summed E-state index contributed by atoms with van der Waals surface area (Å²) in [6.45, 7) is 2.18. The first-order chi connectivity index (χ1) is 10.5. The predicted molar refractivity (Wildman–Crippen MR) is 81.3 cm³/mol. The highest BCUT2D eigenvalue weighted by Gasteiger charge is 2.30. The molecular formula is C16H15F3N2S. The first kappa shape index (κ1) is 15.2. The van der Waals surface area contributed by atoms with E-state index in [2.05, 4.69) is 22.0 Å². The standard InChI is InChI=1S/C16H15F3N2S/c17-16(18,19)12-3-8-15(20-11-12)22-14-6-4-13(5-7-14)21-9-1-2-10-21/h3-8,11H,1-2,9-10H2. The normalized spacial score (nSPS) is 15.3. The van der Waals surface area contributed by atoms with Gasteiger partial charge < -0.3 is 4.90 Å². The van der Waals surface area contributed by atoms with Crippen molar-refractivity contribution in [3.8, 4) is 0 Å². The van der Waals surface area contributed by atoms with Crippen LogP contribution in [-0.4, -0.2) is 18.1 Å². The van der Waals surface area contributed by atoms with Crippen molar-refractivity contribution < 1.29 is 13.2 Å². The Balaban J connectivity index is 1.67. The lowest BCUT2D eigenvalue weighted by Gasteiger charge is -2.17. The van der Waals surface area contributed by atoms with E-state index in [4.69, 9.17) is 0 Å². The van der Waals surface area contributed by atoms with Crippen LogP contribution in [0.1, 0.15) is 18.4 Å². The largest absolute Gasteiger partial charge is 0.417 e. The minimum Gasteiger partial charge on any atom is -0.372 e. The van der Waals surface area contributed by atoms with Crippen molar-refractivity contribution >= 4 is 17.4 Å². The van der Waals surface area contributed by atoms with Crippen LogP contribution in [0, 0.1) is 0 Å². The Bertz CT molecular complexity index is 617. The highest BCUT2D eigenvalue weighted by Crippen LogP contribution is 2.32. The highest BCUT2D eigenvalue weighted by atomic mass is 32.2. The predicted octanol–water partition coefficient (Wildman–Crippen LogP) is 4.85. The summed E-state index contributed by atoms with van der Waals surface area (Å²) < 4.78 is 37.5. The lowest BCUT2D eigenvalue weighted by atomic mass is 10.3. The number of halogens is 3. The fourth-order valence-electron chi connectivity index (χ4n) is 2.43. The van der Waals surface area contributed by atoms with Crippen molar-refractivity contribution in [2.24, 2.45) is 0 Å². The van der Waals surface area contributed by atoms with Gasteiger partial charge in [0.25, 0.3) is 0 Å². The van der Waals surface area contributed by atoms with Crippen LogP contribution in [0.5, 0.6) is 0 Å². The first-order valence-electron chi connectivity index (χ1n) is 7.08. The zero-order valence-electron chi connectivity index (χ0n) is 11.8. The third-order valence-corrected chi connectivity index (χ3v) is 4.55. The van der Waals surface area contributed by atoms with Gasteiger partial charge in [0.1, 0.15) is 5.03 Å². The smallest absolute Gasteiger partial charge is 0.372 e. The molecule has 116 valence electrons. The molecule has 6 heteroatoms. The molecule has 1 aliphatic heterocycles. The maximum absolute atomic E-state index is 12.5. The molecule has 0 amide bonds. The summed E-state index contributed by atoms with van der Waals surface area (Å²) >= 11 is 1.36. The Labute approximate surface area is 131 Å². The van der Waals surface area contributed by atoms with Gasteiger partial charge in [-0.25, -0.2) is 4.98 Å². The zero-order chi connectivity index (χ0) is 15.6. The Morgan fingerprint density at radius 3 is 2.18 bits per heavy atom. The van der Waals surface area contributed by atoms with E-state index in [0.717, 1.165) is 30.2 Å². The van der Waals surface area contributed by atoms with E-state index >= 15 is 0 Å². The molecule has 2 nitrogen and oxygen atoms in total. The van der Waals surface area contributed by atoms with Gasteiger partial charge in [-0.2, -0.15) is 13.2 Å². The molecule has 0 atom stereocenters. The van der Waals surface area contributed by atoms with Crippen molar-refractivity contribution in [3.05, 3.63) is 48.2 Å². The van der Waals surface area contributed by atoms with Crippen LogP contribution in [0.2, 0.25) is 0 Å². The van der Waals surface area contributed by atoms with E-state index in [9.17, 15) is 13.2 Å². The van der Waals surface area contributed by atoms with E-state index in [-0.39, 0.29) is 0 Å². The summed E-state index contributed by atoms with van der Waals surface area (Å²) in [7, 11) is 0. The van der Waals surface area contributed by atoms with Crippen molar-refractivity contribution in [3.63, 3.8) is 0 Å². The molecule has 2 heterocycles. The Morgan fingerprint density at radius 1 is 0.955 bits per heavy atom. The summed E-state index contributed by atoms with van der Waals surface area (Å²) in [5.74, 6) is 0. The zero-order valence-corrected chi connectivity index (χ0v) is 12.6. The van der Waals surface area contributed by atoms with Crippen molar-refractivity contribution in [2.45, 2.75) is 28.9 Å². The van der Waals surface area contributed by atoms with Crippen LogP contribution in [0.4, 0.5) is 18.9 Å². The van der Waals surface area contributed by atoms with Gasteiger partial charge in [0.2, 0.25) is 0 Å². The SMILES string of the molecule is FC(F)(F)c1ccc(Sc2ccc(N3CCCC3)cc2)nc1. The molecule has 2 aromatic rings. The van der Waals surface area contributed by atoms with Crippen LogP contribution in [0.15, 0.2) is 52.5 Å². The monoisotopic (exact) mass is 324 g/mol. The molecule has 3 rings (SSSR count). The van der Waals surface area contributed by atoms with E-state index in [1.165, 1.54) is 36.4 Å². The number of nitrogens with zero attached hydrogens (tertiary/aromatic N) is 2. The molecule has 0 aliphatic carbocycles. The van der Waals surface area contributed by atoms with Crippen molar-refractivity contribution in [1.82, 2.24) is 4.98 Å². The van der Waals surface area contributed by atoms with Crippen LogP contribution in [0.25, 0.3) is 0 Å². The van der Waals surface area contributed by atoms with Gasteiger partial charge in [-0.1, -0.05) is 11.8 Å². The van der Waals surface area contributed by atoms with E-state index in [0.29, 0.717) is 5.03 Å². The molecular weight excluding hydrogens is 309 g/mol. The van der Waals surface area contributed by atoms with Crippen LogP contribution >= 0.6 is 11.8 Å². The van der Waals surface area contributed by atoms with Crippen LogP contribution in [-0.2, 0) is 6.18 Å². The van der Waals surface area contributed by atoms with Crippen LogP contribution < -0.4 is 4.90 Å². The molecule has 22 heavy (non-hydrogen) atoms. The molecule has 1 fully saturated rings. The third-order valence-electron chi connectivity index (χ3n) is 3.59. The quantitative estimate of drug-likeness (QED) is 0.803. The fourth-order valence-corrected chi connectivity index (χ4v) is 3.18. The minimum atomic E-state index is -4.34. The topological polar surface area (TPSA) is 16.1 Å². The molecule has 1 saturated heterocycles. The summed E-state index contributed by atoms with van der Waals surface area (Å²) in [5, 5.41) is 0.557. The Morgan fingerprint density at radius 2 is 1.64 bits per heavy atom. The molecule has 1 aromatic heterocycles. The summed E-state index contributed by atoms with van der Waals surface area (Å²) in [5.41, 5.74) is 0.475. The van der Waals surface area contributed by atoms with Gasteiger partial charge in [-0.05, 0) is 49.2 Å². The maximum atomic E-state index is 12.5. The number of hydrogen-bond acceptors (Lipinski definition) is 3. The summed E-state index contributed by atoms with van der Waals surface area (Å²) in [4.78, 5) is 7.18. The molecule has 0 spiro atoms. The summed E-state index contributed by atoms with van der Waals surface area (Å²) in [6.07, 6.45) is -1.01. The number of alkyl halides is 3. The molecule has 1 aromatic carbocycles. The molecule has 1 aliphatic rings. The van der Waals surface area contributed by atoms with Crippen molar-refractivity contribution in [2.75, 3.05) is 18.0 Å². The van der Waals surface area contributed by atoms with Gasteiger partial charge in [-0.3, -0.25) is 0 Å². The van der Waals surface area contributed by atoms with Gasteiger partial charge in [0, 0.05) is 29.9 Å². The van der Waals surface area contributed by atoms with E-state index in [1.807, 2.05) is 12.1 Å². The van der Waals surface area contributed by atoms with Crippen molar-refractivity contribution in [1.29, 1.82) is 0 Å². The number of hydrogen-bond donors (Lipinski definition) is 0. The average Bonchev–Trinajstić information content (AvgIpc) is 3.02. The molecule has 0 saturated carbocycles. The highest BCUT2D eigenvalue weighted by molar-refractivity contribution is 7.99. The Kier molecular flexibility index (Phi) is 4.29. The number of anilines is 1.